The minimum Gasteiger partial charge on any atom is -0.425 e. The third kappa shape index (κ3) is 3.34. The summed E-state index contributed by atoms with van der Waals surface area (Å²) in [5.41, 5.74) is 3.44. The summed E-state index contributed by atoms with van der Waals surface area (Å²) >= 11 is 0. The lowest BCUT2D eigenvalue weighted by Gasteiger charge is -2.33. The van der Waals surface area contributed by atoms with Gasteiger partial charge in [0.05, 0.1) is 0 Å². The van der Waals surface area contributed by atoms with Crippen molar-refractivity contribution in [1.29, 1.82) is 0 Å². The Hall–Kier alpha value is -3.40. The van der Waals surface area contributed by atoms with E-state index in [9.17, 15) is 9.59 Å². The standard InChI is InChI=1S/C23H19NO3/c1-15-12-13-19-18(14-15)20(16-8-4-2-5-9-16)21(23(26)27-19)24-22(25)17-10-6-3-7-11-17/h2-14,20-21H,1H3,(H,24,25)/t20-,21-/m0/s1. The first-order valence-corrected chi connectivity index (χ1v) is 8.86. The fourth-order valence-electron chi connectivity index (χ4n) is 3.48. The molecule has 1 aliphatic heterocycles. The second-order valence-electron chi connectivity index (χ2n) is 6.67. The average Bonchev–Trinajstić information content (AvgIpc) is 2.70. The lowest BCUT2D eigenvalue weighted by molar-refractivity contribution is -0.138. The van der Waals surface area contributed by atoms with E-state index in [1.807, 2.05) is 61.5 Å². The van der Waals surface area contributed by atoms with Gasteiger partial charge in [0.1, 0.15) is 11.8 Å². The molecule has 1 aliphatic rings. The zero-order valence-corrected chi connectivity index (χ0v) is 14.9. The molecule has 0 bridgehead atoms. The third-order valence-electron chi connectivity index (χ3n) is 4.78. The Bertz CT molecular complexity index is 983. The highest BCUT2D eigenvalue weighted by Crippen LogP contribution is 2.39. The van der Waals surface area contributed by atoms with E-state index in [1.165, 1.54) is 0 Å². The summed E-state index contributed by atoms with van der Waals surface area (Å²) in [7, 11) is 0. The minimum atomic E-state index is -0.797. The molecule has 1 heterocycles. The maximum atomic E-state index is 12.8. The summed E-state index contributed by atoms with van der Waals surface area (Å²) in [6.07, 6.45) is 0. The van der Waals surface area contributed by atoms with E-state index in [4.69, 9.17) is 4.74 Å². The molecule has 0 saturated carbocycles. The van der Waals surface area contributed by atoms with Crippen molar-refractivity contribution in [3.63, 3.8) is 0 Å². The lowest BCUT2D eigenvalue weighted by Crippen LogP contribution is -2.49. The third-order valence-corrected chi connectivity index (χ3v) is 4.78. The Morgan fingerprint density at radius 2 is 1.59 bits per heavy atom. The molecule has 0 aromatic heterocycles. The molecule has 3 aromatic carbocycles. The second kappa shape index (κ2) is 7.08. The molecule has 134 valence electrons. The monoisotopic (exact) mass is 357 g/mol. The molecule has 0 saturated heterocycles. The van der Waals surface area contributed by atoms with E-state index in [2.05, 4.69) is 5.32 Å². The van der Waals surface area contributed by atoms with Crippen LogP contribution in [0, 0.1) is 6.92 Å². The normalized spacial score (nSPS) is 18.3. The molecule has 3 aromatic rings. The molecule has 0 unspecified atom stereocenters. The topological polar surface area (TPSA) is 55.4 Å². The number of rotatable bonds is 3. The molecule has 0 spiro atoms. The predicted octanol–water partition coefficient (Wildman–Crippen LogP) is 3.84. The number of carbonyl (C=O) groups excluding carboxylic acids is 2. The summed E-state index contributed by atoms with van der Waals surface area (Å²) in [5, 5.41) is 2.88. The first-order chi connectivity index (χ1) is 13.1. The van der Waals surface area contributed by atoms with Crippen LogP contribution < -0.4 is 10.1 Å². The van der Waals surface area contributed by atoms with Crippen LogP contribution in [0.15, 0.2) is 78.9 Å². The molecule has 1 N–H and O–H groups in total. The molecule has 0 fully saturated rings. The fourth-order valence-corrected chi connectivity index (χ4v) is 3.48. The fraction of sp³-hybridized carbons (Fsp3) is 0.130. The summed E-state index contributed by atoms with van der Waals surface area (Å²) in [5.74, 6) is -0.515. The number of benzene rings is 3. The highest BCUT2D eigenvalue weighted by atomic mass is 16.5. The first-order valence-electron chi connectivity index (χ1n) is 8.86. The molecule has 1 amide bonds. The van der Waals surface area contributed by atoms with Crippen molar-refractivity contribution >= 4 is 11.9 Å². The molecule has 0 radical (unpaired) electrons. The highest BCUT2D eigenvalue weighted by Gasteiger charge is 2.39. The number of nitrogens with one attached hydrogen (secondary N) is 1. The number of ether oxygens (including phenoxy) is 1. The van der Waals surface area contributed by atoms with Gasteiger partial charge in [0.15, 0.2) is 0 Å². The van der Waals surface area contributed by atoms with Gasteiger partial charge >= 0.3 is 5.97 Å². The van der Waals surface area contributed by atoms with Gasteiger partial charge in [-0.05, 0) is 30.7 Å². The SMILES string of the molecule is Cc1ccc2c(c1)[C@H](c1ccccc1)[C@H](NC(=O)c1ccccc1)C(=O)O2. The molecule has 4 heteroatoms. The average molecular weight is 357 g/mol. The maximum absolute atomic E-state index is 12.8. The number of carbonyl (C=O) groups is 2. The van der Waals surface area contributed by atoms with E-state index in [0.717, 1.165) is 16.7 Å². The number of hydrogen-bond donors (Lipinski definition) is 1. The summed E-state index contributed by atoms with van der Waals surface area (Å²) in [4.78, 5) is 25.5. The quantitative estimate of drug-likeness (QED) is 0.572. The van der Waals surface area contributed by atoms with Crippen molar-refractivity contribution in [2.75, 3.05) is 0 Å². The molecule has 2 atom stereocenters. The van der Waals surface area contributed by atoms with Crippen molar-refractivity contribution in [2.45, 2.75) is 18.9 Å². The maximum Gasteiger partial charge on any atom is 0.335 e. The van der Waals surface area contributed by atoms with E-state index >= 15 is 0 Å². The Morgan fingerprint density at radius 3 is 2.30 bits per heavy atom. The zero-order chi connectivity index (χ0) is 18.8. The van der Waals surface area contributed by atoms with Crippen LogP contribution in [0.3, 0.4) is 0 Å². The van der Waals surface area contributed by atoms with E-state index in [1.54, 1.807) is 24.3 Å². The number of esters is 1. The minimum absolute atomic E-state index is 0.297. The van der Waals surface area contributed by atoms with Crippen LogP contribution >= 0.6 is 0 Å². The Labute approximate surface area is 157 Å². The zero-order valence-electron chi connectivity index (χ0n) is 14.9. The van der Waals surface area contributed by atoms with Crippen LogP contribution in [-0.4, -0.2) is 17.9 Å². The van der Waals surface area contributed by atoms with Crippen molar-refractivity contribution < 1.29 is 14.3 Å². The smallest absolute Gasteiger partial charge is 0.335 e. The Kier molecular flexibility index (Phi) is 4.47. The number of amides is 1. The summed E-state index contributed by atoms with van der Waals surface area (Å²) in [6, 6.07) is 23.5. The van der Waals surface area contributed by atoms with Gasteiger partial charge in [-0.1, -0.05) is 66.2 Å². The molecule has 4 rings (SSSR count). The van der Waals surface area contributed by atoms with Gasteiger partial charge in [0, 0.05) is 17.0 Å². The largest absolute Gasteiger partial charge is 0.425 e. The lowest BCUT2D eigenvalue weighted by atomic mass is 9.82. The van der Waals surface area contributed by atoms with Crippen LogP contribution in [-0.2, 0) is 4.79 Å². The van der Waals surface area contributed by atoms with E-state index in [-0.39, 0.29) is 11.8 Å². The van der Waals surface area contributed by atoms with Gasteiger partial charge in [0.2, 0.25) is 0 Å². The van der Waals surface area contributed by atoms with Gasteiger partial charge in [-0.2, -0.15) is 0 Å². The van der Waals surface area contributed by atoms with Gasteiger partial charge in [-0.25, -0.2) is 4.79 Å². The highest BCUT2D eigenvalue weighted by molar-refractivity contribution is 5.98. The van der Waals surface area contributed by atoms with Crippen molar-refractivity contribution in [3.05, 3.63) is 101 Å². The number of hydrogen-bond acceptors (Lipinski definition) is 3. The number of aryl methyl sites for hydroxylation is 1. The molecule has 4 nitrogen and oxygen atoms in total. The van der Waals surface area contributed by atoms with Crippen molar-refractivity contribution in [1.82, 2.24) is 5.32 Å². The molecular weight excluding hydrogens is 338 g/mol. The van der Waals surface area contributed by atoms with Crippen LogP contribution in [0.5, 0.6) is 5.75 Å². The Balaban J connectivity index is 1.77. The number of fused-ring (bicyclic) bond motifs is 1. The van der Waals surface area contributed by atoms with E-state index in [0.29, 0.717) is 11.3 Å². The van der Waals surface area contributed by atoms with Crippen LogP contribution in [0.4, 0.5) is 0 Å². The summed E-state index contributed by atoms with van der Waals surface area (Å²) < 4.78 is 5.53. The second-order valence-corrected chi connectivity index (χ2v) is 6.67. The molecule has 27 heavy (non-hydrogen) atoms. The molecule has 0 aliphatic carbocycles. The first kappa shape index (κ1) is 17.0. The Morgan fingerprint density at radius 1 is 0.926 bits per heavy atom. The van der Waals surface area contributed by atoms with Gasteiger partial charge < -0.3 is 10.1 Å². The van der Waals surface area contributed by atoms with Gasteiger partial charge in [-0.3, -0.25) is 4.79 Å². The van der Waals surface area contributed by atoms with Gasteiger partial charge in [-0.15, -0.1) is 0 Å². The van der Waals surface area contributed by atoms with Crippen molar-refractivity contribution in [2.24, 2.45) is 0 Å². The van der Waals surface area contributed by atoms with Crippen LogP contribution in [0.1, 0.15) is 33.0 Å². The van der Waals surface area contributed by atoms with Crippen LogP contribution in [0.25, 0.3) is 0 Å². The summed E-state index contributed by atoms with van der Waals surface area (Å²) in [6.45, 7) is 2.00. The van der Waals surface area contributed by atoms with Gasteiger partial charge in [0.25, 0.3) is 5.91 Å². The molecular formula is C23H19NO3. The van der Waals surface area contributed by atoms with Crippen LogP contribution in [0.2, 0.25) is 0 Å². The van der Waals surface area contributed by atoms with Crippen molar-refractivity contribution in [3.8, 4) is 5.75 Å². The predicted molar refractivity (Wildman–Crippen MR) is 103 cm³/mol. The van der Waals surface area contributed by atoms with E-state index < -0.39 is 12.0 Å².